The molecular weight excluding hydrogens is 295 g/mol. The Morgan fingerprint density at radius 2 is 1.50 bits per heavy atom. The minimum absolute atomic E-state index is 0.0739. The second-order valence-electron chi connectivity index (χ2n) is 5.10. The molecule has 1 rings (SSSR count). The van der Waals surface area contributed by atoms with Gasteiger partial charge in [-0.25, -0.2) is 0 Å². The molecule has 0 bridgehead atoms. The van der Waals surface area contributed by atoms with Crippen molar-refractivity contribution in [2.24, 2.45) is 0 Å². The molecule has 1 N–H and O–H groups in total. The van der Waals surface area contributed by atoms with E-state index in [9.17, 15) is 22.8 Å². The molecule has 0 saturated carbocycles. The van der Waals surface area contributed by atoms with Gasteiger partial charge in [0.1, 0.15) is 0 Å². The molecule has 0 aliphatic heterocycles. The van der Waals surface area contributed by atoms with Crippen LogP contribution in [-0.4, -0.2) is 17.9 Å². The maximum Gasteiger partial charge on any atom is 0.449 e. The summed E-state index contributed by atoms with van der Waals surface area (Å²) in [5.74, 6) is -1.75. The molecule has 0 spiro atoms. The Morgan fingerprint density at radius 3 is 2.09 bits per heavy atom. The SMILES string of the molecule is O=C(CCCCCCC(=O)C(F)(F)F)NCc1ccccc1. The van der Waals surface area contributed by atoms with E-state index in [0.717, 1.165) is 5.56 Å². The van der Waals surface area contributed by atoms with Crippen molar-refractivity contribution < 1.29 is 22.8 Å². The van der Waals surface area contributed by atoms with Crippen molar-refractivity contribution in [3.05, 3.63) is 35.9 Å². The Balaban J connectivity index is 2.03. The second-order valence-corrected chi connectivity index (χ2v) is 5.10. The molecule has 0 radical (unpaired) electrons. The lowest BCUT2D eigenvalue weighted by Gasteiger charge is -2.06. The summed E-state index contributed by atoms with van der Waals surface area (Å²) in [5, 5.41) is 2.79. The van der Waals surface area contributed by atoms with Crippen LogP contribution in [0.5, 0.6) is 0 Å². The van der Waals surface area contributed by atoms with Crippen LogP contribution in [0.2, 0.25) is 0 Å². The summed E-state index contributed by atoms with van der Waals surface area (Å²) < 4.78 is 35.9. The summed E-state index contributed by atoms with van der Waals surface area (Å²) in [5.41, 5.74) is 1.02. The first-order valence-corrected chi connectivity index (χ1v) is 7.30. The molecule has 3 nitrogen and oxygen atoms in total. The average Bonchev–Trinajstić information content (AvgIpc) is 2.48. The fourth-order valence-electron chi connectivity index (χ4n) is 1.95. The van der Waals surface area contributed by atoms with Gasteiger partial charge in [0.2, 0.25) is 11.7 Å². The zero-order valence-electron chi connectivity index (χ0n) is 12.3. The maximum atomic E-state index is 12.0. The lowest BCUT2D eigenvalue weighted by molar-refractivity contribution is -0.171. The van der Waals surface area contributed by atoms with Crippen LogP contribution in [0.15, 0.2) is 30.3 Å². The van der Waals surface area contributed by atoms with E-state index >= 15 is 0 Å². The van der Waals surface area contributed by atoms with Gasteiger partial charge in [0.15, 0.2) is 0 Å². The molecule has 0 fully saturated rings. The average molecular weight is 315 g/mol. The third-order valence-electron chi connectivity index (χ3n) is 3.21. The molecular formula is C16H20F3NO2. The largest absolute Gasteiger partial charge is 0.449 e. The highest BCUT2D eigenvalue weighted by Crippen LogP contribution is 2.19. The fourth-order valence-corrected chi connectivity index (χ4v) is 1.95. The van der Waals surface area contributed by atoms with E-state index in [-0.39, 0.29) is 12.3 Å². The number of benzene rings is 1. The minimum atomic E-state index is -4.72. The molecule has 0 saturated heterocycles. The topological polar surface area (TPSA) is 46.2 Å². The first kappa shape index (κ1) is 18.2. The molecule has 1 aromatic rings. The molecule has 0 aliphatic rings. The second kappa shape index (κ2) is 9.23. The Labute approximate surface area is 127 Å². The fraction of sp³-hybridized carbons (Fsp3) is 0.500. The van der Waals surface area contributed by atoms with E-state index in [1.54, 1.807) is 0 Å². The van der Waals surface area contributed by atoms with Crippen LogP contribution >= 0.6 is 0 Å². The first-order valence-electron chi connectivity index (χ1n) is 7.30. The van der Waals surface area contributed by atoms with Crippen LogP contribution in [0, 0.1) is 0 Å². The molecule has 122 valence electrons. The van der Waals surface area contributed by atoms with Gasteiger partial charge in [0.25, 0.3) is 0 Å². The van der Waals surface area contributed by atoms with Crippen molar-refractivity contribution in [3.63, 3.8) is 0 Å². The van der Waals surface area contributed by atoms with E-state index in [2.05, 4.69) is 5.32 Å². The molecule has 1 amide bonds. The highest BCUT2D eigenvalue weighted by atomic mass is 19.4. The Bertz CT molecular complexity index is 472. The summed E-state index contributed by atoms with van der Waals surface area (Å²) in [6.45, 7) is 0.472. The van der Waals surface area contributed by atoms with Crippen molar-refractivity contribution in [3.8, 4) is 0 Å². The molecule has 22 heavy (non-hydrogen) atoms. The molecule has 6 heteroatoms. The third-order valence-corrected chi connectivity index (χ3v) is 3.21. The number of rotatable bonds is 9. The molecule has 0 aromatic heterocycles. The van der Waals surface area contributed by atoms with Crippen LogP contribution in [0.3, 0.4) is 0 Å². The van der Waals surface area contributed by atoms with Crippen LogP contribution < -0.4 is 5.32 Å². The highest BCUT2D eigenvalue weighted by molar-refractivity contribution is 5.83. The number of hydrogen-bond donors (Lipinski definition) is 1. The Morgan fingerprint density at radius 1 is 0.909 bits per heavy atom. The number of hydrogen-bond acceptors (Lipinski definition) is 2. The number of ketones is 1. The lowest BCUT2D eigenvalue weighted by atomic mass is 10.1. The summed E-state index contributed by atoms with van der Waals surface area (Å²) in [6, 6.07) is 9.51. The van der Waals surface area contributed by atoms with Gasteiger partial charge in [-0.05, 0) is 18.4 Å². The maximum absolute atomic E-state index is 12.0. The van der Waals surface area contributed by atoms with Crippen LogP contribution in [0.1, 0.15) is 44.1 Å². The van der Waals surface area contributed by atoms with Crippen molar-refractivity contribution in [1.82, 2.24) is 5.32 Å². The van der Waals surface area contributed by atoms with E-state index in [0.29, 0.717) is 32.2 Å². The zero-order valence-corrected chi connectivity index (χ0v) is 12.3. The van der Waals surface area contributed by atoms with Gasteiger partial charge in [0, 0.05) is 19.4 Å². The first-order chi connectivity index (χ1) is 10.4. The third kappa shape index (κ3) is 7.81. The summed E-state index contributed by atoms with van der Waals surface area (Å²) in [6.07, 6.45) is -2.86. The molecule has 0 aliphatic carbocycles. The molecule has 0 atom stereocenters. The predicted octanol–water partition coefficient (Wildman–Crippen LogP) is 3.77. The zero-order chi connectivity index (χ0) is 16.4. The van der Waals surface area contributed by atoms with Crippen molar-refractivity contribution in [2.75, 3.05) is 0 Å². The van der Waals surface area contributed by atoms with E-state index in [1.807, 2.05) is 30.3 Å². The summed E-state index contributed by atoms with van der Waals surface area (Å²) >= 11 is 0. The summed E-state index contributed by atoms with van der Waals surface area (Å²) in [7, 11) is 0. The van der Waals surface area contributed by atoms with Gasteiger partial charge in [-0.2, -0.15) is 13.2 Å². The van der Waals surface area contributed by atoms with Gasteiger partial charge < -0.3 is 5.32 Å². The quantitative estimate of drug-likeness (QED) is 0.705. The van der Waals surface area contributed by atoms with E-state index in [1.165, 1.54) is 0 Å². The Hall–Kier alpha value is -1.85. The number of carbonyl (C=O) groups excluding carboxylic acids is 2. The molecule has 1 aromatic carbocycles. The molecule has 0 unspecified atom stereocenters. The highest BCUT2D eigenvalue weighted by Gasteiger charge is 2.36. The minimum Gasteiger partial charge on any atom is -0.352 e. The number of Topliss-reactive ketones (excluding diaryl/α,β-unsaturated/α-hetero) is 1. The number of unbranched alkanes of at least 4 members (excludes halogenated alkanes) is 3. The number of alkyl halides is 3. The number of halogens is 3. The van der Waals surface area contributed by atoms with E-state index < -0.39 is 18.4 Å². The number of nitrogens with one attached hydrogen (secondary N) is 1. The summed E-state index contributed by atoms with van der Waals surface area (Å²) in [4.78, 5) is 22.2. The van der Waals surface area contributed by atoms with Gasteiger partial charge >= 0.3 is 6.18 Å². The monoisotopic (exact) mass is 315 g/mol. The normalized spacial score (nSPS) is 11.2. The van der Waals surface area contributed by atoms with Gasteiger partial charge in [-0.1, -0.05) is 43.2 Å². The number of carbonyl (C=O) groups is 2. The standard InChI is InChI=1S/C16H20F3NO2/c17-16(18,19)14(21)10-6-1-2-7-11-15(22)20-12-13-8-4-3-5-9-13/h3-5,8-9H,1-2,6-7,10-12H2,(H,20,22). The van der Waals surface area contributed by atoms with E-state index in [4.69, 9.17) is 0 Å². The Kier molecular flexibility index (Phi) is 7.63. The lowest BCUT2D eigenvalue weighted by Crippen LogP contribution is -2.22. The van der Waals surface area contributed by atoms with Crippen LogP contribution in [0.4, 0.5) is 13.2 Å². The van der Waals surface area contributed by atoms with Gasteiger partial charge in [-0.3, -0.25) is 9.59 Å². The van der Waals surface area contributed by atoms with Crippen molar-refractivity contribution >= 4 is 11.7 Å². The van der Waals surface area contributed by atoms with Crippen LogP contribution in [-0.2, 0) is 16.1 Å². The molecule has 0 heterocycles. The van der Waals surface area contributed by atoms with Crippen LogP contribution in [0.25, 0.3) is 0 Å². The predicted molar refractivity (Wildman–Crippen MR) is 77.1 cm³/mol. The van der Waals surface area contributed by atoms with Crippen molar-refractivity contribution in [1.29, 1.82) is 0 Å². The van der Waals surface area contributed by atoms with Gasteiger partial charge in [-0.15, -0.1) is 0 Å². The van der Waals surface area contributed by atoms with Gasteiger partial charge in [0.05, 0.1) is 0 Å². The van der Waals surface area contributed by atoms with Crippen molar-refractivity contribution in [2.45, 2.75) is 51.2 Å². The number of amides is 1. The smallest absolute Gasteiger partial charge is 0.352 e.